The van der Waals surface area contributed by atoms with Crippen LogP contribution in [0.25, 0.3) is 0 Å². The second kappa shape index (κ2) is 14.7. The molecule has 0 aliphatic rings. The molecule has 0 atom stereocenters. The van der Waals surface area contributed by atoms with Crippen molar-refractivity contribution in [2.45, 2.75) is 60.3 Å². The van der Waals surface area contributed by atoms with E-state index in [9.17, 15) is 14.4 Å². The molecule has 212 valence electrons. The van der Waals surface area contributed by atoms with Crippen LogP contribution in [0.4, 0.5) is 11.4 Å². The van der Waals surface area contributed by atoms with Crippen molar-refractivity contribution < 1.29 is 19.1 Å². The number of esters is 1. The number of benzene rings is 3. The lowest BCUT2D eigenvalue weighted by molar-refractivity contribution is -0.143. The summed E-state index contributed by atoms with van der Waals surface area (Å²) in [7, 11) is 0. The average Bonchev–Trinajstić information content (AvgIpc) is 2.91. The number of amides is 2. The number of aryl methyl sites for hydroxylation is 4. The van der Waals surface area contributed by atoms with Gasteiger partial charge in [-0.3, -0.25) is 14.4 Å². The Morgan fingerprint density at radius 2 is 1.18 bits per heavy atom. The Labute approximate surface area is 242 Å². The lowest BCUT2D eigenvalue weighted by Gasteiger charge is -2.28. The van der Waals surface area contributed by atoms with Crippen LogP contribution in [0.1, 0.15) is 65.2 Å². The fourth-order valence-electron chi connectivity index (χ4n) is 5.03. The van der Waals surface area contributed by atoms with Crippen molar-refractivity contribution >= 4 is 40.8 Å². The van der Waals surface area contributed by atoms with Gasteiger partial charge in [0.15, 0.2) is 0 Å². The third-order valence-electron chi connectivity index (χ3n) is 6.90. The van der Waals surface area contributed by atoms with Gasteiger partial charge in [-0.15, -0.1) is 0 Å². The molecule has 2 amide bonds. The van der Waals surface area contributed by atoms with Crippen LogP contribution < -0.4 is 9.80 Å². The maximum absolute atomic E-state index is 13.7. The molecule has 6 nitrogen and oxygen atoms in total. The van der Waals surface area contributed by atoms with Crippen LogP contribution in [0, 0.1) is 27.7 Å². The Balaban J connectivity index is 1.81. The molecule has 0 saturated carbocycles. The molecule has 40 heavy (non-hydrogen) atoms. The largest absolute Gasteiger partial charge is 0.466 e. The zero-order valence-electron chi connectivity index (χ0n) is 24.1. The zero-order chi connectivity index (χ0) is 29.2. The first-order chi connectivity index (χ1) is 19.1. The van der Waals surface area contributed by atoms with Crippen LogP contribution in [-0.2, 0) is 14.3 Å². The molecular weight excluding hydrogens is 524 g/mol. The van der Waals surface area contributed by atoms with Gasteiger partial charge in [-0.25, -0.2) is 0 Å². The molecule has 0 N–H and O–H groups in total. The number of rotatable bonds is 12. The molecule has 0 aliphatic heterocycles. The van der Waals surface area contributed by atoms with E-state index in [1.807, 2.05) is 64.1 Å². The SMILES string of the molecule is CCOC(=O)CCCN(C(=O)CCCN(C(=O)c1ccc(Cl)cc1)c1c(C)cccc1C)c1c(C)cccc1C. The number of nitrogens with zero attached hydrogens (tertiary/aromatic N) is 2. The van der Waals surface area contributed by atoms with Gasteiger partial charge in [0, 0.05) is 47.9 Å². The minimum Gasteiger partial charge on any atom is -0.466 e. The fourth-order valence-corrected chi connectivity index (χ4v) is 5.15. The number of carbonyl (C=O) groups excluding carboxylic acids is 3. The molecule has 0 aliphatic carbocycles. The number of hydrogen-bond acceptors (Lipinski definition) is 4. The van der Waals surface area contributed by atoms with Crippen molar-refractivity contribution in [3.05, 3.63) is 93.5 Å². The molecule has 0 aromatic heterocycles. The Morgan fingerprint density at radius 1 is 0.700 bits per heavy atom. The normalized spacial score (nSPS) is 10.8. The molecule has 7 heteroatoms. The van der Waals surface area contributed by atoms with E-state index in [2.05, 4.69) is 0 Å². The molecule has 3 rings (SSSR count). The minimum atomic E-state index is -0.263. The molecule has 0 saturated heterocycles. The molecular formula is C33H39ClN2O4. The molecule has 0 unspecified atom stereocenters. The smallest absolute Gasteiger partial charge is 0.305 e. The third-order valence-corrected chi connectivity index (χ3v) is 7.15. The van der Waals surface area contributed by atoms with Crippen molar-refractivity contribution in [3.63, 3.8) is 0 Å². The van der Waals surface area contributed by atoms with Crippen molar-refractivity contribution in [2.75, 3.05) is 29.5 Å². The quantitative estimate of drug-likeness (QED) is 0.216. The van der Waals surface area contributed by atoms with E-state index >= 15 is 0 Å². The van der Waals surface area contributed by atoms with Crippen molar-refractivity contribution in [1.29, 1.82) is 0 Å². The van der Waals surface area contributed by atoms with E-state index in [1.165, 1.54) is 0 Å². The summed E-state index contributed by atoms with van der Waals surface area (Å²) in [4.78, 5) is 42.8. The minimum absolute atomic E-state index is 0.0401. The van der Waals surface area contributed by atoms with Crippen molar-refractivity contribution in [3.8, 4) is 0 Å². The summed E-state index contributed by atoms with van der Waals surface area (Å²) in [5.74, 6) is -0.439. The first kappa shape index (κ1) is 30.9. The first-order valence-corrected chi connectivity index (χ1v) is 14.2. The second-order valence-electron chi connectivity index (χ2n) is 10.0. The summed E-state index contributed by atoms with van der Waals surface area (Å²) < 4.78 is 5.07. The molecule has 0 fully saturated rings. The van der Waals surface area contributed by atoms with Gasteiger partial charge in [-0.2, -0.15) is 0 Å². The maximum Gasteiger partial charge on any atom is 0.305 e. The van der Waals surface area contributed by atoms with E-state index in [1.54, 1.807) is 41.0 Å². The van der Waals surface area contributed by atoms with Gasteiger partial charge in [0.05, 0.1) is 6.61 Å². The lowest BCUT2D eigenvalue weighted by Crippen LogP contribution is -2.36. The van der Waals surface area contributed by atoms with Gasteiger partial charge in [-0.1, -0.05) is 48.0 Å². The summed E-state index contributed by atoms with van der Waals surface area (Å²) in [5, 5.41) is 0.565. The monoisotopic (exact) mass is 562 g/mol. The van der Waals surface area contributed by atoms with Crippen LogP contribution >= 0.6 is 11.6 Å². The van der Waals surface area contributed by atoms with Gasteiger partial charge < -0.3 is 14.5 Å². The Bertz CT molecular complexity index is 1300. The number of hydrogen-bond donors (Lipinski definition) is 0. The van der Waals surface area contributed by atoms with E-state index < -0.39 is 0 Å². The third kappa shape index (κ3) is 7.95. The molecule has 0 heterocycles. The van der Waals surface area contributed by atoms with E-state index in [4.69, 9.17) is 16.3 Å². The van der Waals surface area contributed by atoms with Gasteiger partial charge in [-0.05, 0) is 94.0 Å². The predicted octanol–water partition coefficient (Wildman–Crippen LogP) is 7.38. The summed E-state index contributed by atoms with van der Waals surface area (Å²) in [6.07, 6.45) is 1.48. The average molecular weight is 563 g/mol. The molecule has 0 bridgehead atoms. The standard InChI is InChI=1S/C33H39ClN2O4/c1-6-40-30(38)16-10-21-35(31-23(2)11-7-12-24(31)3)29(37)15-9-22-36(32-25(4)13-8-14-26(32)5)33(39)27-17-19-28(34)20-18-27/h7-8,11-14,17-20H,6,9-10,15-16,21-22H2,1-5H3. The Hall–Kier alpha value is -3.64. The second-order valence-corrected chi connectivity index (χ2v) is 10.4. The predicted molar refractivity (Wildman–Crippen MR) is 162 cm³/mol. The topological polar surface area (TPSA) is 66.9 Å². The van der Waals surface area contributed by atoms with Crippen molar-refractivity contribution in [1.82, 2.24) is 0 Å². The summed E-state index contributed by atoms with van der Waals surface area (Å²) >= 11 is 6.06. The first-order valence-electron chi connectivity index (χ1n) is 13.8. The highest BCUT2D eigenvalue weighted by molar-refractivity contribution is 6.30. The number of ether oxygens (including phenoxy) is 1. The van der Waals surface area contributed by atoms with E-state index in [-0.39, 0.29) is 30.6 Å². The summed E-state index contributed by atoms with van der Waals surface area (Å²) in [6.45, 7) is 10.9. The van der Waals surface area contributed by atoms with Gasteiger partial charge >= 0.3 is 5.97 Å². The molecule has 0 radical (unpaired) electrons. The molecule has 3 aromatic rings. The maximum atomic E-state index is 13.7. The number of anilines is 2. The highest BCUT2D eigenvalue weighted by Gasteiger charge is 2.23. The van der Waals surface area contributed by atoms with Crippen LogP contribution in [0.15, 0.2) is 60.7 Å². The Morgan fingerprint density at radius 3 is 1.70 bits per heavy atom. The lowest BCUT2D eigenvalue weighted by atomic mass is 10.0. The molecule has 3 aromatic carbocycles. The highest BCUT2D eigenvalue weighted by atomic mass is 35.5. The van der Waals surface area contributed by atoms with Crippen LogP contribution in [-0.4, -0.2) is 37.5 Å². The van der Waals surface area contributed by atoms with E-state index in [0.717, 1.165) is 33.6 Å². The summed E-state index contributed by atoms with van der Waals surface area (Å²) in [5.41, 5.74) is 6.25. The van der Waals surface area contributed by atoms with Crippen LogP contribution in [0.2, 0.25) is 5.02 Å². The van der Waals surface area contributed by atoms with Gasteiger partial charge in [0.1, 0.15) is 0 Å². The molecule has 0 spiro atoms. The van der Waals surface area contributed by atoms with Crippen LogP contribution in [0.3, 0.4) is 0 Å². The van der Waals surface area contributed by atoms with Crippen LogP contribution in [0.5, 0.6) is 0 Å². The van der Waals surface area contributed by atoms with Gasteiger partial charge in [0.25, 0.3) is 5.91 Å². The van der Waals surface area contributed by atoms with E-state index in [0.29, 0.717) is 43.1 Å². The highest BCUT2D eigenvalue weighted by Crippen LogP contribution is 2.29. The summed E-state index contributed by atoms with van der Waals surface area (Å²) in [6, 6.07) is 18.8. The number of carbonyl (C=O) groups is 3. The fraction of sp³-hybridized carbons (Fsp3) is 0.364. The Kier molecular flexibility index (Phi) is 11.3. The van der Waals surface area contributed by atoms with Gasteiger partial charge in [0.2, 0.25) is 5.91 Å². The zero-order valence-corrected chi connectivity index (χ0v) is 24.9. The number of para-hydroxylation sites is 2. The van der Waals surface area contributed by atoms with Crippen molar-refractivity contribution in [2.24, 2.45) is 0 Å². The number of halogens is 1.